The van der Waals surface area contributed by atoms with Gasteiger partial charge in [-0.2, -0.15) is 4.91 Å². The highest BCUT2D eigenvalue weighted by atomic mass is 16.3. The molecule has 0 amide bonds. The highest BCUT2D eigenvalue weighted by Gasteiger charge is 2.14. The van der Waals surface area contributed by atoms with Gasteiger partial charge in [-0.15, -0.1) is 0 Å². The highest BCUT2D eigenvalue weighted by molar-refractivity contribution is 6.64. The molecule has 0 aliphatic rings. The lowest BCUT2D eigenvalue weighted by Crippen LogP contribution is -2.26. The molecule has 5 heteroatoms. The van der Waals surface area contributed by atoms with Crippen LogP contribution in [-0.4, -0.2) is 17.2 Å². The van der Waals surface area contributed by atoms with Gasteiger partial charge in [0.1, 0.15) is 5.75 Å². The number of hydrogen-bond donors (Lipinski definition) is 2. The van der Waals surface area contributed by atoms with Gasteiger partial charge >= 0.3 is 7.05 Å². The maximum absolute atomic E-state index is 9.83. The van der Waals surface area contributed by atoms with Crippen LogP contribution in [0.3, 0.4) is 0 Å². The topological polar surface area (TPSA) is 69.9 Å². The number of benzene rings is 1. The number of hydrogen-bond acceptors (Lipinski definition) is 4. The Morgan fingerprint density at radius 2 is 1.82 bits per heavy atom. The molecule has 0 aliphatic carbocycles. The lowest BCUT2D eigenvalue weighted by Gasteiger charge is -1.96. The summed E-state index contributed by atoms with van der Waals surface area (Å²) in [5.74, 6) is 0.0897. The van der Waals surface area contributed by atoms with Gasteiger partial charge in [-0.1, -0.05) is 17.2 Å². The minimum Gasteiger partial charge on any atom is -0.508 e. The number of phenolic OH excluding ortho intramolecular Hbond substituents is 1. The Morgan fingerprint density at radius 3 is 2.27 bits per heavy atom. The van der Waals surface area contributed by atoms with Crippen molar-refractivity contribution in [3.05, 3.63) is 29.2 Å². The lowest BCUT2D eigenvalue weighted by atomic mass is 9.76. The molecule has 0 radical (unpaired) electrons. The summed E-state index contributed by atoms with van der Waals surface area (Å²) in [7, 11) is -1.34. The van der Waals surface area contributed by atoms with E-state index in [1.54, 1.807) is 0 Å². The number of nitroso groups, excluding NO2 is 1. The maximum Gasteiger partial charge on any atom is 0.517 e. The molecule has 0 saturated carbocycles. The molecular weight excluding hydrogens is 145 g/mol. The van der Waals surface area contributed by atoms with Crippen molar-refractivity contribution in [3.8, 4) is 5.75 Å². The van der Waals surface area contributed by atoms with Crippen LogP contribution in [0.15, 0.2) is 29.4 Å². The van der Waals surface area contributed by atoms with Gasteiger partial charge < -0.3 is 10.1 Å². The summed E-state index contributed by atoms with van der Waals surface area (Å²) in [6.07, 6.45) is 0. The van der Waals surface area contributed by atoms with Gasteiger partial charge in [-0.3, -0.25) is 0 Å². The molecule has 0 unspecified atom stereocenters. The van der Waals surface area contributed by atoms with E-state index in [-0.39, 0.29) is 5.75 Å². The summed E-state index contributed by atoms with van der Waals surface area (Å²) in [4.78, 5) is 9.83. The molecule has 2 N–H and O–H groups in total. The van der Waals surface area contributed by atoms with Gasteiger partial charge in [0.2, 0.25) is 0 Å². The zero-order chi connectivity index (χ0) is 8.27. The van der Waals surface area contributed by atoms with E-state index < -0.39 is 7.05 Å². The van der Waals surface area contributed by atoms with Gasteiger partial charge in [0.25, 0.3) is 0 Å². The van der Waals surface area contributed by atoms with Crippen LogP contribution in [0, 0.1) is 4.91 Å². The van der Waals surface area contributed by atoms with Crippen LogP contribution in [0.1, 0.15) is 0 Å². The zero-order valence-electron chi connectivity index (χ0n) is 5.64. The van der Waals surface area contributed by atoms with Gasteiger partial charge in [0, 0.05) is 0 Å². The van der Waals surface area contributed by atoms with E-state index in [4.69, 9.17) is 10.1 Å². The Bertz CT molecular complexity index is 249. The third-order valence-electron chi connectivity index (χ3n) is 1.29. The summed E-state index contributed by atoms with van der Waals surface area (Å²) < 4.78 is 0. The number of rotatable bonds is 2. The van der Waals surface area contributed by atoms with Crippen molar-refractivity contribution in [1.82, 2.24) is 0 Å². The normalized spacial score (nSPS) is 9.18. The number of nitrogens with zero attached hydrogens (tertiary/aromatic N) is 1. The summed E-state index contributed by atoms with van der Waals surface area (Å²) in [6.45, 7) is 0. The predicted octanol–water partition coefficient (Wildman–Crippen LogP) is -0.154. The van der Waals surface area contributed by atoms with Crippen molar-refractivity contribution in [2.45, 2.75) is 0 Å². The van der Waals surface area contributed by atoms with E-state index in [1.807, 2.05) is 0 Å². The molecule has 0 bridgehead atoms. The van der Waals surface area contributed by atoms with Gasteiger partial charge in [0.15, 0.2) is 0 Å². The second-order valence-corrected chi connectivity index (χ2v) is 2.07. The molecule has 0 spiro atoms. The van der Waals surface area contributed by atoms with Crippen molar-refractivity contribution < 1.29 is 10.1 Å². The first-order chi connectivity index (χ1) is 5.24. The van der Waals surface area contributed by atoms with E-state index >= 15 is 0 Å². The molecule has 1 aromatic carbocycles. The first-order valence-electron chi connectivity index (χ1n) is 3.03. The van der Waals surface area contributed by atoms with E-state index in [0.29, 0.717) is 5.46 Å². The van der Waals surface area contributed by atoms with E-state index in [9.17, 15) is 4.91 Å². The maximum atomic E-state index is 9.83. The summed E-state index contributed by atoms with van der Waals surface area (Å²) in [5.41, 5.74) is 0.373. The van der Waals surface area contributed by atoms with Crippen molar-refractivity contribution in [2.24, 2.45) is 5.09 Å². The molecule has 1 aromatic rings. The van der Waals surface area contributed by atoms with E-state index in [1.165, 1.54) is 24.3 Å². The van der Waals surface area contributed by atoms with Crippen LogP contribution in [0.5, 0.6) is 5.75 Å². The third-order valence-corrected chi connectivity index (χ3v) is 1.29. The van der Waals surface area contributed by atoms with Crippen LogP contribution >= 0.6 is 0 Å². The minimum absolute atomic E-state index is 0.0897. The molecule has 0 aromatic heterocycles. The van der Waals surface area contributed by atoms with Gasteiger partial charge in [-0.05, 0) is 17.6 Å². The molecule has 0 saturated heterocycles. The van der Waals surface area contributed by atoms with Crippen LogP contribution in [0.25, 0.3) is 0 Å². The first kappa shape index (κ1) is 7.75. The van der Waals surface area contributed by atoms with Gasteiger partial charge in [-0.25, -0.2) is 0 Å². The second-order valence-electron chi connectivity index (χ2n) is 2.07. The number of phenols is 1. The quantitative estimate of drug-likeness (QED) is 0.455. The molecule has 0 fully saturated rings. The van der Waals surface area contributed by atoms with Crippen molar-refractivity contribution in [2.75, 3.05) is 0 Å². The molecule has 4 nitrogen and oxygen atoms in total. The Hall–Kier alpha value is -1.36. The monoisotopic (exact) mass is 151 g/mol. The van der Waals surface area contributed by atoms with Crippen LogP contribution in [-0.2, 0) is 0 Å². The standard InChI is InChI=1S/C6H6BNO3/c9-6-3-1-5(2-4-6)7(10)8-11/h1-4,9-10H. The third kappa shape index (κ3) is 1.78. The Balaban J connectivity index is 2.89. The Kier molecular flexibility index (Phi) is 2.23. The van der Waals surface area contributed by atoms with Crippen molar-refractivity contribution in [3.63, 3.8) is 0 Å². The van der Waals surface area contributed by atoms with Crippen LogP contribution in [0.2, 0.25) is 0 Å². The molecule has 0 heterocycles. The predicted molar refractivity (Wildman–Crippen MR) is 41.5 cm³/mol. The molecule has 11 heavy (non-hydrogen) atoms. The molecule has 0 aliphatic heterocycles. The largest absolute Gasteiger partial charge is 0.517 e. The average Bonchev–Trinajstić information content (AvgIpc) is 2.05. The average molecular weight is 151 g/mol. The zero-order valence-corrected chi connectivity index (χ0v) is 5.64. The fraction of sp³-hybridized carbons (Fsp3) is 0. The van der Waals surface area contributed by atoms with Crippen LogP contribution in [0.4, 0.5) is 0 Å². The highest BCUT2D eigenvalue weighted by Crippen LogP contribution is 2.03. The van der Waals surface area contributed by atoms with Gasteiger partial charge in [0.05, 0.1) is 0 Å². The fourth-order valence-corrected chi connectivity index (χ4v) is 0.707. The second kappa shape index (κ2) is 3.16. The first-order valence-corrected chi connectivity index (χ1v) is 3.03. The van der Waals surface area contributed by atoms with E-state index in [2.05, 4.69) is 5.09 Å². The smallest absolute Gasteiger partial charge is 0.508 e. The summed E-state index contributed by atoms with van der Waals surface area (Å²) in [6, 6.07) is 5.62. The summed E-state index contributed by atoms with van der Waals surface area (Å²) >= 11 is 0. The molecular formula is C6H6BNO3. The molecule has 0 atom stereocenters. The summed E-state index contributed by atoms with van der Waals surface area (Å²) in [5, 5.41) is 20.1. The SMILES string of the molecule is O=NB(O)c1ccc(O)cc1. The van der Waals surface area contributed by atoms with Crippen molar-refractivity contribution in [1.29, 1.82) is 0 Å². The van der Waals surface area contributed by atoms with Crippen LogP contribution < -0.4 is 5.46 Å². The minimum atomic E-state index is -1.34. The fourth-order valence-electron chi connectivity index (χ4n) is 0.707. The van der Waals surface area contributed by atoms with Crippen molar-refractivity contribution >= 4 is 12.5 Å². The van der Waals surface area contributed by atoms with E-state index in [0.717, 1.165) is 0 Å². The Morgan fingerprint density at radius 1 is 1.27 bits per heavy atom. The molecule has 1 rings (SSSR count). The lowest BCUT2D eigenvalue weighted by molar-refractivity contribution is 0.475. The molecule has 56 valence electrons. The Labute approximate surface area is 63.6 Å². The number of aromatic hydroxyl groups is 1.